The Morgan fingerprint density at radius 3 is 2.18 bits per heavy atom. The maximum absolute atomic E-state index is 7.41. The van der Waals surface area contributed by atoms with Gasteiger partial charge in [-0.2, -0.15) is 0 Å². The highest BCUT2D eigenvalue weighted by Gasteiger charge is 2.01. The summed E-state index contributed by atoms with van der Waals surface area (Å²) in [6, 6.07) is 15.7. The first kappa shape index (κ1) is 13.7. The summed E-state index contributed by atoms with van der Waals surface area (Å²) < 4.78 is 1.04. The van der Waals surface area contributed by atoms with Crippen LogP contribution in [0.3, 0.4) is 0 Å². The van der Waals surface area contributed by atoms with E-state index in [1.807, 2.05) is 48.5 Å². The molecule has 0 aliphatic carbocycles. The lowest BCUT2D eigenvalue weighted by atomic mass is 10.0. The van der Waals surface area contributed by atoms with Gasteiger partial charge in [0.25, 0.3) is 0 Å². The smallest absolute Gasteiger partial charge is 0.122 e. The zero-order chi connectivity index (χ0) is 11.5. The van der Waals surface area contributed by atoms with Crippen molar-refractivity contribution in [2.75, 3.05) is 0 Å². The fourth-order valence-corrected chi connectivity index (χ4v) is 1.93. The standard InChI is InChI=1S/C13H11BrN2.ClH/c14-12-6-2-4-10(8-12)9-3-1-5-11(7-9)13(15)16;/h1-8H,(H3,15,16);1H. The lowest BCUT2D eigenvalue weighted by Gasteiger charge is -2.04. The van der Waals surface area contributed by atoms with Crippen molar-refractivity contribution in [2.24, 2.45) is 5.73 Å². The first-order valence-corrected chi connectivity index (χ1v) is 5.66. The zero-order valence-corrected chi connectivity index (χ0v) is 11.4. The molecule has 0 aromatic heterocycles. The average molecular weight is 312 g/mol. The predicted molar refractivity (Wildman–Crippen MR) is 77.8 cm³/mol. The molecule has 0 radical (unpaired) electrons. The van der Waals surface area contributed by atoms with Crippen molar-refractivity contribution < 1.29 is 0 Å². The van der Waals surface area contributed by atoms with Gasteiger partial charge in [-0.1, -0.05) is 46.3 Å². The number of nitrogens with one attached hydrogen (secondary N) is 1. The Kier molecular flexibility index (Phi) is 4.73. The van der Waals surface area contributed by atoms with Crippen molar-refractivity contribution in [1.29, 1.82) is 5.41 Å². The van der Waals surface area contributed by atoms with Gasteiger partial charge in [0.2, 0.25) is 0 Å². The predicted octanol–water partition coefficient (Wildman–Crippen LogP) is 3.82. The summed E-state index contributed by atoms with van der Waals surface area (Å²) >= 11 is 3.44. The second-order valence-corrected chi connectivity index (χ2v) is 4.42. The van der Waals surface area contributed by atoms with E-state index < -0.39 is 0 Å². The second-order valence-electron chi connectivity index (χ2n) is 3.50. The number of amidine groups is 1. The topological polar surface area (TPSA) is 49.9 Å². The van der Waals surface area contributed by atoms with Gasteiger partial charge in [-0.25, -0.2) is 0 Å². The molecule has 0 unspecified atom stereocenters. The maximum Gasteiger partial charge on any atom is 0.122 e. The third kappa shape index (κ3) is 3.32. The van der Waals surface area contributed by atoms with E-state index in [2.05, 4.69) is 15.9 Å². The van der Waals surface area contributed by atoms with Crippen LogP contribution in [-0.4, -0.2) is 5.84 Å². The van der Waals surface area contributed by atoms with E-state index in [4.69, 9.17) is 11.1 Å². The molecule has 0 atom stereocenters. The van der Waals surface area contributed by atoms with E-state index in [0.29, 0.717) is 0 Å². The summed E-state index contributed by atoms with van der Waals surface area (Å²) in [4.78, 5) is 0. The molecule has 0 saturated carbocycles. The van der Waals surface area contributed by atoms with Crippen LogP contribution in [-0.2, 0) is 0 Å². The number of rotatable bonds is 2. The Hall–Kier alpha value is -1.32. The van der Waals surface area contributed by atoms with Gasteiger partial charge in [-0.3, -0.25) is 5.41 Å². The van der Waals surface area contributed by atoms with Gasteiger partial charge in [0.05, 0.1) is 0 Å². The van der Waals surface area contributed by atoms with Crippen LogP contribution in [0.25, 0.3) is 11.1 Å². The maximum atomic E-state index is 7.41. The molecule has 0 spiro atoms. The number of nitrogens with two attached hydrogens (primary N) is 1. The van der Waals surface area contributed by atoms with Crippen LogP contribution < -0.4 is 5.73 Å². The van der Waals surface area contributed by atoms with Crippen LogP contribution in [0.1, 0.15) is 5.56 Å². The van der Waals surface area contributed by atoms with Crippen molar-refractivity contribution >= 4 is 34.2 Å². The van der Waals surface area contributed by atoms with Gasteiger partial charge < -0.3 is 5.73 Å². The minimum absolute atomic E-state index is 0. The molecule has 0 aliphatic heterocycles. The van der Waals surface area contributed by atoms with Crippen LogP contribution in [0.4, 0.5) is 0 Å². The number of nitrogen functional groups attached to an aromatic ring is 1. The molecule has 0 fully saturated rings. The molecule has 0 bridgehead atoms. The summed E-state index contributed by atoms with van der Waals surface area (Å²) in [5.41, 5.74) is 8.38. The number of hydrogen-bond acceptors (Lipinski definition) is 1. The van der Waals surface area contributed by atoms with Crippen LogP contribution in [0, 0.1) is 5.41 Å². The molecular formula is C13H12BrClN2. The van der Waals surface area contributed by atoms with Crippen molar-refractivity contribution in [3.8, 4) is 11.1 Å². The Balaban J connectivity index is 0.00000144. The molecule has 17 heavy (non-hydrogen) atoms. The van der Waals surface area contributed by atoms with E-state index >= 15 is 0 Å². The first-order valence-electron chi connectivity index (χ1n) is 4.87. The van der Waals surface area contributed by atoms with Crippen molar-refractivity contribution in [3.05, 3.63) is 58.6 Å². The molecule has 2 aromatic rings. The molecule has 0 aliphatic rings. The fourth-order valence-electron chi connectivity index (χ4n) is 1.53. The molecule has 3 N–H and O–H groups in total. The SMILES string of the molecule is Cl.N=C(N)c1cccc(-c2cccc(Br)c2)c1. The molecule has 0 heterocycles. The fraction of sp³-hybridized carbons (Fsp3) is 0. The van der Waals surface area contributed by atoms with E-state index in [0.717, 1.165) is 21.2 Å². The molecule has 2 nitrogen and oxygen atoms in total. The van der Waals surface area contributed by atoms with E-state index in [9.17, 15) is 0 Å². The van der Waals surface area contributed by atoms with E-state index in [-0.39, 0.29) is 18.2 Å². The third-order valence-electron chi connectivity index (χ3n) is 2.33. The highest BCUT2D eigenvalue weighted by Crippen LogP contribution is 2.23. The quantitative estimate of drug-likeness (QED) is 0.643. The molecule has 2 aromatic carbocycles. The van der Waals surface area contributed by atoms with Gasteiger partial charge in [0, 0.05) is 10.0 Å². The van der Waals surface area contributed by atoms with Gasteiger partial charge in [-0.15, -0.1) is 12.4 Å². The Labute approximate surface area is 115 Å². The number of benzene rings is 2. The molecule has 0 saturated heterocycles. The average Bonchev–Trinajstić information content (AvgIpc) is 2.29. The second kappa shape index (κ2) is 5.84. The Morgan fingerprint density at radius 1 is 1.00 bits per heavy atom. The van der Waals surface area contributed by atoms with Gasteiger partial charge >= 0.3 is 0 Å². The largest absolute Gasteiger partial charge is 0.384 e. The summed E-state index contributed by atoms with van der Waals surface area (Å²) in [7, 11) is 0. The lowest BCUT2D eigenvalue weighted by molar-refractivity contribution is 1.42. The highest BCUT2D eigenvalue weighted by atomic mass is 79.9. The summed E-state index contributed by atoms with van der Waals surface area (Å²) in [6.45, 7) is 0. The Bertz CT molecular complexity index is 540. The minimum atomic E-state index is 0. The van der Waals surface area contributed by atoms with E-state index in [1.54, 1.807) is 0 Å². The first-order chi connectivity index (χ1) is 7.66. The molecule has 2 rings (SSSR count). The summed E-state index contributed by atoms with van der Waals surface area (Å²) in [5, 5.41) is 7.41. The van der Waals surface area contributed by atoms with Gasteiger partial charge in [0.1, 0.15) is 5.84 Å². The van der Waals surface area contributed by atoms with Gasteiger partial charge in [0.15, 0.2) is 0 Å². The molecule has 4 heteroatoms. The van der Waals surface area contributed by atoms with E-state index in [1.165, 1.54) is 0 Å². The molecular weight excluding hydrogens is 300 g/mol. The summed E-state index contributed by atoms with van der Waals surface area (Å²) in [5.74, 6) is 0.0943. The molecule has 0 amide bonds. The number of halogens is 2. The minimum Gasteiger partial charge on any atom is -0.384 e. The van der Waals surface area contributed by atoms with Crippen molar-refractivity contribution in [3.63, 3.8) is 0 Å². The molecule has 88 valence electrons. The monoisotopic (exact) mass is 310 g/mol. The number of hydrogen-bond donors (Lipinski definition) is 2. The Morgan fingerprint density at radius 2 is 1.59 bits per heavy atom. The normalized spacial score (nSPS) is 9.47. The van der Waals surface area contributed by atoms with Gasteiger partial charge in [-0.05, 0) is 29.3 Å². The highest BCUT2D eigenvalue weighted by molar-refractivity contribution is 9.10. The van der Waals surface area contributed by atoms with Crippen molar-refractivity contribution in [1.82, 2.24) is 0 Å². The zero-order valence-electron chi connectivity index (χ0n) is 8.98. The van der Waals surface area contributed by atoms with Crippen molar-refractivity contribution in [2.45, 2.75) is 0 Å². The van der Waals surface area contributed by atoms with Crippen LogP contribution >= 0.6 is 28.3 Å². The van der Waals surface area contributed by atoms with Crippen LogP contribution in [0.2, 0.25) is 0 Å². The van der Waals surface area contributed by atoms with Crippen LogP contribution in [0.15, 0.2) is 53.0 Å². The van der Waals surface area contributed by atoms with Crippen LogP contribution in [0.5, 0.6) is 0 Å². The lowest BCUT2D eigenvalue weighted by Crippen LogP contribution is -2.10. The summed E-state index contributed by atoms with van der Waals surface area (Å²) in [6.07, 6.45) is 0. The third-order valence-corrected chi connectivity index (χ3v) is 2.82.